The molecule has 2 N–H and O–H groups in total. The number of aryl methyl sites for hydroxylation is 1. The average Bonchev–Trinajstić information content (AvgIpc) is 3.89. The summed E-state index contributed by atoms with van der Waals surface area (Å²) < 4.78 is 11.7. The Labute approximate surface area is 451 Å². The van der Waals surface area contributed by atoms with Crippen LogP contribution in [0.3, 0.4) is 0 Å². The van der Waals surface area contributed by atoms with Crippen LogP contribution in [0.15, 0.2) is 60.7 Å². The van der Waals surface area contributed by atoms with E-state index in [4.69, 9.17) is 9.47 Å². The van der Waals surface area contributed by atoms with Crippen molar-refractivity contribution in [1.29, 1.82) is 0 Å². The maximum atomic E-state index is 13.6. The van der Waals surface area contributed by atoms with Gasteiger partial charge in [0.25, 0.3) is 0 Å². The van der Waals surface area contributed by atoms with Crippen molar-refractivity contribution in [2.24, 2.45) is 80.8 Å². The number of carbonyl (C=O) groups is 2. The number of Topliss-reactive ketones (excluding diaryl/α,β-unsaturated/α-hetero) is 2. The van der Waals surface area contributed by atoms with Crippen molar-refractivity contribution in [3.63, 3.8) is 0 Å². The van der Waals surface area contributed by atoms with E-state index in [2.05, 4.69) is 78.0 Å². The summed E-state index contributed by atoms with van der Waals surface area (Å²) in [4.78, 5) is 28.4. The number of hydrogen-bond acceptors (Lipinski definition) is 7. The molecule has 8 aliphatic rings. The number of methoxy groups -OCH3 is 2. The van der Waals surface area contributed by atoms with Gasteiger partial charge in [0.2, 0.25) is 0 Å². The van der Waals surface area contributed by atoms with Crippen LogP contribution in [-0.2, 0) is 25.5 Å². The monoisotopic (exact) mass is 1080 g/mol. The molecule has 0 saturated heterocycles. The third kappa shape index (κ3) is 11.8. The fourth-order valence-electron chi connectivity index (χ4n) is 18.5. The molecule has 17 atom stereocenters. The smallest absolute Gasteiger partial charge is 0.155 e. The van der Waals surface area contributed by atoms with Gasteiger partial charge in [-0.1, -0.05) is 100 Å². The molecule has 9 heteroatoms. The van der Waals surface area contributed by atoms with Crippen molar-refractivity contribution in [2.45, 2.75) is 183 Å². The number of rotatable bonds is 11. The van der Waals surface area contributed by atoms with Gasteiger partial charge in [-0.05, 0) is 223 Å². The first kappa shape index (κ1) is 61.2. The average molecular weight is 1080 g/mol. The quantitative estimate of drug-likeness (QED) is 0.171. The highest BCUT2D eigenvalue weighted by molar-refractivity contribution is 9.09. The number of nitrogens with zero attached hydrogens (tertiary/aromatic N) is 1. The van der Waals surface area contributed by atoms with Gasteiger partial charge < -0.3 is 24.6 Å². The van der Waals surface area contributed by atoms with Crippen LogP contribution < -0.4 is 4.90 Å². The predicted molar refractivity (Wildman–Crippen MR) is 308 cm³/mol. The number of halogens is 1. The Morgan fingerprint density at radius 1 is 0.597 bits per heavy atom. The minimum absolute atomic E-state index is 0. The highest BCUT2D eigenvalue weighted by atomic mass is 79.9. The minimum atomic E-state index is -0.520. The van der Waals surface area contributed by atoms with Crippen LogP contribution in [0.25, 0.3) is 0 Å². The normalized spacial score (nSPS) is 41.0. The maximum Gasteiger partial charge on any atom is 0.155 e. The Bertz CT molecular complexity index is 2040. The zero-order chi connectivity index (χ0) is 49.4. The van der Waals surface area contributed by atoms with E-state index in [1.54, 1.807) is 0 Å². The van der Waals surface area contributed by atoms with Gasteiger partial charge in [-0.2, -0.15) is 9.90 Å². The number of likely N-dealkylation sites (N-methyl/N-ethyl adjacent to an activating group) is 1. The molecule has 0 bridgehead atoms. The molecule has 72 heavy (non-hydrogen) atoms. The van der Waals surface area contributed by atoms with E-state index in [-0.39, 0.29) is 58.2 Å². The summed E-state index contributed by atoms with van der Waals surface area (Å²) >= 11 is 3.43. The molecule has 0 amide bonds. The number of benzene rings is 2. The van der Waals surface area contributed by atoms with E-state index in [9.17, 15) is 19.8 Å². The second-order valence-corrected chi connectivity index (χ2v) is 26.0. The van der Waals surface area contributed by atoms with E-state index in [1.807, 2.05) is 59.4 Å². The lowest BCUT2D eigenvalue weighted by Gasteiger charge is -2.62. The van der Waals surface area contributed by atoms with Gasteiger partial charge in [0.1, 0.15) is 5.78 Å². The number of ketones is 2. The Balaban J connectivity index is 0.000000227. The molecule has 8 saturated carbocycles. The number of ether oxygens (including phenoxy) is 2. The summed E-state index contributed by atoms with van der Waals surface area (Å²) in [6.07, 6.45) is 21.4. The lowest BCUT2D eigenvalue weighted by molar-refractivity contribution is -0.175. The molecule has 7 nitrogen and oxygen atoms in total. The summed E-state index contributed by atoms with van der Waals surface area (Å²) in [6, 6.07) is 20.7. The highest BCUT2D eigenvalue weighted by Crippen LogP contribution is 2.70. The zero-order valence-corrected chi connectivity index (χ0v) is 47.9. The van der Waals surface area contributed by atoms with Crippen LogP contribution in [0.2, 0.25) is 0 Å². The first-order valence-electron chi connectivity index (χ1n) is 27.7. The van der Waals surface area contributed by atoms with Gasteiger partial charge >= 0.3 is 0 Å². The highest BCUT2D eigenvalue weighted by Gasteiger charge is 2.65. The largest absolute Gasteiger partial charge is 0.390 e. The molecule has 2 aromatic rings. The molecule has 8 aliphatic carbocycles. The fraction of sp³-hybridized carbons (Fsp3) is 0.778. The van der Waals surface area contributed by atoms with Crippen LogP contribution >= 0.6 is 25.8 Å². The minimum Gasteiger partial charge on any atom is -0.390 e. The second kappa shape index (κ2) is 24.8. The van der Waals surface area contributed by atoms with Crippen LogP contribution in [0.5, 0.6) is 0 Å². The van der Waals surface area contributed by atoms with Crippen molar-refractivity contribution in [2.75, 3.05) is 51.3 Å². The molecule has 0 aromatic heterocycles. The fourth-order valence-corrected chi connectivity index (χ4v) is 18.9. The molecule has 1 unspecified atom stereocenters. The van der Waals surface area contributed by atoms with E-state index >= 15 is 0 Å². The van der Waals surface area contributed by atoms with Crippen molar-refractivity contribution in [3.05, 3.63) is 66.2 Å². The van der Waals surface area contributed by atoms with Crippen LogP contribution in [0, 0.1) is 80.8 Å². The molecule has 0 spiro atoms. The van der Waals surface area contributed by atoms with Gasteiger partial charge in [-0.25, -0.2) is 0 Å². The Morgan fingerprint density at radius 3 is 1.43 bits per heavy atom. The Kier molecular flexibility index (Phi) is 21.0. The summed E-state index contributed by atoms with van der Waals surface area (Å²) in [7, 11) is 5.77. The van der Waals surface area contributed by atoms with E-state index in [0.29, 0.717) is 64.9 Å². The van der Waals surface area contributed by atoms with Crippen LogP contribution in [-0.4, -0.2) is 79.3 Å². The Hall–Kier alpha value is -1.67. The summed E-state index contributed by atoms with van der Waals surface area (Å²) in [5.74, 6) is 6.65. The third-order valence-electron chi connectivity index (χ3n) is 21.9. The SMILES string of the molecule is C.C.CCc1ccccc1.COC[C@]12CC[C@@](C)(O)C[C@H]1CC[C@H]1[C@@H]3CC[C@H](C(=O)CBr)[C@@]3(C)CC[C@@H]12.COC[C@]12CC[C@@](C)(O)C[C@H]1CC[C@H]1[C@@H]3CC[C@H](C(=O)CN(C)c4ccccc4)[C@@]3(C)CC[C@@H]12.P. The van der Waals surface area contributed by atoms with Crippen LogP contribution in [0.1, 0.15) is 171 Å². The van der Waals surface area contributed by atoms with E-state index in [0.717, 1.165) is 82.6 Å². The molecule has 408 valence electrons. The molecule has 0 radical (unpaired) electrons. The van der Waals surface area contributed by atoms with E-state index < -0.39 is 11.2 Å². The molecule has 0 aliphatic heterocycles. The summed E-state index contributed by atoms with van der Waals surface area (Å²) in [5, 5.41) is 22.1. The number of hydrogen-bond donors (Lipinski definition) is 2. The lowest BCUT2D eigenvalue weighted by Crippen LogP contribution is -2.58. The molecular weight excluding hydrogens is 978 g/mol. The number of anilines is 1. The number of para-hydroxylation sites is 1. The number of fused-ring (bicyclic) bond motifs is 10. The molecule has 0 heterocycles. The van der Waals surface area contributed by atoms with Gasteiger partial charge in [-0.15, -0.1) is 0 Å². The number of aliphatic hydroxyl groups is 2. The molecule has 10 rings (SSSR count). The van der Waals surface area contributed by atoms with Gasteiger partial charge in [0.15, 0.2) is 5.78 Å². The Morgan fingerprint density at radius 2 is 1.03 bits per heavy atom. The van der Waals surface area contributed by atoms with Gasteiger partial charge in [0.05, 0.1) is 36.3 Å². The first-order valence-corrected chi connectivity index (χ1v) is 28.9. The molecule has 8 fully saturated rings. The standard InChI is InChI=1S/C30H45NO3.C23H37BrO3.C8H10.2CH4.H3P/c1-28(33)16-17-30(20-34-4)21(18-28)10-11-23-24-12-13-26(29(24,2)15-14-25(23)30)27(32)19-31(3)22-8-6-5-7-9-22;1-21(26)10-11-23(14-27-3)15(12-21)4-5-16-17-6-7-19(20(25)13-24)22(17,2)9-8-18(16)23;1-2-8-6-4-3-5-7-8;;;/h5-9,21,23-26,33H,10-20H2,1-4H3;15-19,26H,4-14H2,1-3H3;3-7H,2H2,1H3;2*1H4;1H3/t21-,23+,24+,25+,26-,28-,29+,30-;15-,16+,17+,18+,19-,21-,22+,23-;;;;/m11..../s1. The molecular formula is C63H103BrNO6P. The van der Waals surface area contributed by atoms with Crippen molar-refractivity contribution in [1.82, 2.24) is 0 Å². The van der Waals surface area contributed by atoms with Crippen LogP contribution in [0.4, 0.5) is 5.69 Å². The number of carbonyl (C=O) groups excluding carboxylic acids is 2. The lowest BCUT2D eigenvalue weighted by atomic mass is 9.43. The molecule has 2 aromatic carbocycles. The van der Waals surface area contributed by atoms with Crippen molar-refractivity contribution >= 4 is 43.1 Å². The third-order valence-corrected chi connectivity index (χ3v) is 22.4. The number of alkyl halides is 1. The summed E-state index contributed by atoms with van der Waals surface area (Å²) in [5.41, 5.74) is 2.31. The topological polar surface area (TPSA) is 96.3 Å². The maximum absolute atomic E-state index is 13.6. The van der Waals surface area contributed by atoms with E-state index in [1.165, 1.54) is 69.8 Å². The van der Waals surface area contributed by atoms with Crippen molar-refractivity contribution < 1.29 is 29.3 Å². The zero-order valence-electron chi connectivity index (χ0n) is 44.9. The first-order chi connectivity index (χ1) is 32.9. The van der Waals surface area contributed by atoms with Crippen molar-refractivity contribution in [3.8, 4) is 0 Å². The predicted octanol–water partition coefficient (Wildman–Crippen LogP) is 14.3. The van der Waals surface area contributed by atoms with Gasteiger partial charge in [0, 0.05) is 38.8 Å². The second-order valence-electron chi connectivity index (χ2n) is 25.5. The van der Waals surface area contributed by atoms with Gasteiger partial charge in [-0.3, -0.25) is 9.59 Å². The summed E-state index contributed by atoms with van der Waals surface area (Å²) in [6.45, 7) is 13.3.